The zero-order valence-electron chi connectivity index (χ0n) is 19.6. The van der Waals surface area contributed by atoms with E-state index in [0.29, 0.717) is 59.8 Å². The average molecular weight is 509 g/mol. The monoisotopic (exact) mass is 508 g/mol. The number of Topliss-reactive ketones (excluding diaryl/α,β-unsaturated/α-hetero) is 1. The van der Waals surface area contributed by atoms with Crippen molar-refractivity contribution in [1.29, 1.82) is 0 Å². The van der Waals surface area contributed by atoms with Gasteiger partial charge in [0.2, 0.25) is 5.75 Å². The standard InChI is InChI=1S/C25H30Cl2N2O5/c1-32-20-10-15(11-21(33-2)23(20)34-3)13-29-9-7-25(14-29,16-4-5-17(26)18(27)12-16)24(31)22-19(30)6-8-28-22/h4-5,10-12,22,24,28,31H,6-9,13-14H2,1-3H3/t22-,24?,25?/m1/s1. The molecule has 2 aromatic rings. The Hall–Kier alpha value is -2.03. The lowest BCUT2D eigenvalue weighted by Gasteiger charge is -2.38. The van der Waals surface area contributed by atoms with Crippen molar-refractivity contribution in [2.75, 3.05) is 41.0 Å². The van der Waals surface area contributed by atoms with Gasteiger partial charge >= 0.3 is 0 Å². The largest absolute Gasteiger partial charge is 0.493 e. The predicted molar refractivity (Wildman–Crippen MR) is 132 cm³/mol. The molecule has 2 aliphatic rings. The highest BCUT2D eigenvalue weighted by atomic mass is 35.5. The van der Waals surface area contributed by atoms with E-state index in [9.17, 15) is 9.90 Å². The first kappa shape index (κ1) is 25.1. The number of nitrogens with one attached hydrogen (secondary N) is 1. The van der Waals surface area contributed by atoms with Crippen LogP contribution in [0.4, 0.5) is 0 Å². The second-order valence-corrected chi connectivity index (χ2v) is 9.69. The molecule has 0 spiro atoms. The van der Waals surface area contributed by atoms with Crippen LogP contribution < -0.4 is 19.5 Å². The normalized spacial score (nSPS) is 23.8. The molecule has 7 nitrogen and oxygen atoms in total. The van der Waals surface area contributed by atoms with E-state index < -0.39 is 17.6 Å². The van der Waals surface area contributed by atoms with Crippen LogP contribution in [0, 0.1) is 0 Å². The molecule has 34 heavy (non-hydrogen) atoms. The van der Waals surface area contributed by atoms with Crippen molar-refractivity contribution in [2.24, 2.45) is 0 Å². The molecule has 0 radical (unpaired) electrons. The molecule has 2 saturated heterocycles. The number of aliphatic hydroxyl groups excluding tert-OH is 1. The Labute approximate surface area is 209 Å². The Kier molecular flexibility index (Phi) is 7.60. The van der Waals surface area contributed by atoms with Crippen LogP contribution in [0.15, 0.2) is 30.3 Å². The third-order valence-electron chi connectivity index (χ3n) is 6.97. The summed E-state index contributed by atoms with van der Waals surface area (Å²) in [5.74, 6) is 1.76. The molecule has 184 valence electrons. The maximum Gasteiger partial charge on any atom is 0.203 e. The van der Waals surface area contributed by atoms with Gasteiger partial charge in [-0.25, -0.2) is 0 Å². The summed E-state index contributed by atoms with van der Waals surface area (Å²) in [4.78, 5) is 14.8. The lowest BCUT2D eigenvalue weighted by atomic mass is 9.72. The van der Waals surface area contributed by atoms with Crippen molar-refractivity contribution in [2.45, 2.75) is 36.9 Å². The van der Waals surface area contributed by atoms with Crippen LogP contribution in [0.25, 0.3) is 0 Å². The minimum absolute atomic E-state index is 0.0370. The molecule has 4 rings (SSSR count). The maximum absolute atomic E-state index is 12.5. The molecule has 2 aliphatic heterocycles. The number of ether oxygens (including phenoxy) is 3. The summed E-state index contributed by atoms with van der Waals surface area (Å²) in [6, 6.07) is 8.72. The fourth-order valence-electron chi connectivity index (χ4n) is 5.22. The molecule has 0 aliphatic carbocycles. The van der Waals surface area contributed by atoms with Gasteiger partial charge in [0.05, 0.1) is 43.5 Å². The SMILES string of the molecule is COc1cc(CN2CCC(c3ccc(Cl)c(Cl)c3)(C(O)[C@@H]3NCCC3=O)C2)cc(OC)c1OC. The number of benzene rings is 2. The molecular weight excluding hydrogens is 479 g/mol. The Bertz CT molecular complexity index is 1040. The van der Waals surface area contributed by atoms with Crippen molar-refractivity contribution in [1.82, 2.24) is 10.2 Å². The van der Waals surface area contributed by atoms with Crippen molar-refractivity contribution in [3.8, 4) is 17.2 Å². The minimum atomic E-state index is -0.898. The zero-order valence-corrected chi connectivity index (χ0v) is 21.1. The van der Waals surface area contributed by atoms with Crippen LogP contribution >= 0.6 is 23.2 Å². The molecule has 0 aromatic heterocycles. The number of carbonyl (C=O) groups is 1. The number of halogens is 2. The fraction of sp³-hybridized carbons (Fsp3) is 0.480. The van der Waals surface area contributed by atoms with Gasteiger partial charge in [0.25, 0.3) is 0 Å². The third-order valence-corrected chi connectivity index (χ3v) is 7.71. The average Bonchev–Trinajstić information content (AvgIpc) is 3.46. The van der Waals surface area contributed by atoms with E-state index in [2.05, 4.69) is 10.2 Å². The quantitative estimate of drug-likeness (QED) is 0.565. The van der Waals surface area contributed by atoms with E-state index in [1.165, 1.54) is 0 Å². The van der Waals surface area contributed by atoms with Crippen molar-refractivity contribution in [3.05, 3.63) is 51.5 Å². The smallest absolute Gasteiger partial charge is 0.203 e. The van der Waals surface area contributed by atoms with Crippen molar-refractivity contribution in [3.63, 3.8) is 0 Å². The topological polar surface area (TPSA) is 80.3 Å². The zero-order chi connectivity index (χ0) is 24.5. The first-order valence-corrected chi connectivity index (χ1v) is 12.0. The highest BCUT2D eigenvalue weighted by Gasteiger charge is 2.50. The number of nitrogens with zero attached hydrogens (tertiary/aromatic N) is 1. The molecule has 3 atom stereocenters. The van der Waals surface area contributed by atoms with Crippen LogP contribution in [0.2, 0.25) is 10.0 Å². The predicted octanol–water partition coefficient (Wildman–Crippen LogP) is 3.45. The van der Waals surface area contributed by atoms with Crippen molar-refractivity contribution < 1.29 is 24.1 Å². The van der Waals surface area contributed by atoms with E-state index in [1.54, 1.807) is 27.4 Å². The van der Waals surface area contributed by atoms with Crippen LogP contribution in [0.1, 0.15) is 24.0 Å². The van der Waals surface area contributed by atoms with Crippen LogP contribution in [0.3, 0.4) is 0 Å². The Morgan fingerprint density at radius 1 is 1.12 bits per heavy atom. The number of likely N-dealkylation sites (tertiary alicyclic amines) is 1. The van der Waals surface area contributed by atoms with E-state index in [1.807, 2.05) is 24.3 Å². The van der Waals surface area contributed by atoms with Crippen LogP contribution in [-0.4, -0.2) is 68.9 Å². The molecule has 2 heterocycles. The van der Waals surface area contributed by atoms with Crippen molar-refractivity contribution >= 4 is 29.0 Å². The number of methoxy groups -OCH3 is 3. The number of ketones is 1. The highest BCUT2D eigenvalue weighted by Crippen LogP contribution is 2.43. The summed E-state index contributed by atoms with van der Waals surface area (Å²) < 4.78 is 16.4. The number of aliphatic hydroxyl groups is 1. The molecule has 9 heteroatoms. The Morgan fingerprint density at radius 2 is 1.82 bits per heavy atom. The van der Waals surface area contributed by atoms with E-state index in [4.69, 9.17) is 37.4 Å². The molecule has 2 N–H and O–H groups in total. The first-order valence-electron chi connectivity index (χ1n) is 11.2. The van der Waals surface area contributed by atoms with Gasteiger partial charge in [-0.3, -0.25) is 9.69 Å². The molecule has 0 amide bonds. The first-order chi connectivity index (χ1) is 16.3. The van der Waals surface area contributed by atoms with Gasteiger partial charge in [-0.2, -0.15) is 0 Å². The van der Waals surface area contributed by atoms with Crippen LogP contribution in [-0.2, 0) is 16.8 Å². The van der Waals surface area contributed by atoms with E-state index in [-0.39, 0.29) is 5.78 Å². The maximum atomic E-state index is 12.5. The minimum Gasteiger partial charge on any atom is -0.493 e. The lowest BCUT2D eigenvalue weighted by Crippen LogP contribution is -2.53. The van der Waals surface area contributed by atoms with Gasteiger partial charge in [-0.05, 0) is 48.4 Å². The molecule has 2 aromatic carbocycles. The molecule has 0 bridgehead atoms. The second-order valence-electron chi connectivity index (χ2n) is 8.87. The van der Waals surface area contributed by atoms with Gasteiger partial charge < -0.3 is 24.6 Å². The summed E-state index contributed by atoms with van der Waals surface area (Å²) in [5, 5.41) is 15.6. The number of hydrogen-bond donors (Lipinski definition) is 2. The number of hydrogen-bond acceptors (Lipinski definition) is 7. The Morgan fingerprint density at radius 3 is 2.38 bits per heavy atom. The van der Waals surface area contributed by atoms with Gasteiger partial charge in [-0.15, -0.1) is 0 Å². The summed E-state index contributed by atoms with van der Waals surface area (Å²) in [6.07, 6.45) is 0.195. The molecular formula is C25H30Cl2N2O5. The fourth-order valence-corrected chi connectivity index (χ4v) is 5.51. The summed E-state index contributed by atoms with van der Waals surface area (Å²) in [7, 11) is 4.76. The second kappa shape index (κ2) is 10.3. The molecule has 2 unspecified atom stereocenters. The third kappa shape index (κ3) is 4.60. The Balaban J connectivity index is 1.66. The van der Waals surface area contributed by atoms with E-state index >= 15 is 0 Å². The van der Waals surface area contributed by atoms with Gasteiger partial charge in [0.15, 0.2) is 17.3 Å². The lowest BCUT2D eigenvalue weighted by molar-refractivity contribution is -0.122. The molecule has 0 saturated carbocycles. The van der Waals surface area contributed by atoms with E-state index in [0.717, 1.165) is 17.7 Å². The van der Waals surface area contributed by atoms with Gasteiger partial charge in [0.1, 0.15) is 0 Å². The van der Waals surface area contributed by atoms with Gasteiger partial charge in [-0.1, -0.05) is 29.3 Å². The van der Waals surface area contributed by atoms with Crippen LogP contribution in [0.5, 0.6) is 17.2 Å². The summed E-state index contributed by atoms with van der Waals surface area (Å²) >= 11 is 12.5. The number of rotatable bonds is 8. The van der Waals surface area contributed by atoms with Gasteiger partial charge in [0, 0.05) is 31.5 Å². The molecule has 2 fully saturated rings. The highest BCUT2D eigenvalue weighted by molar-refractivity contribution is 6.42. The summed E-state index contributed by atoms with van der Waals surface area (Å²) in [6.45, 7) is 2.47. The summed E-state index contributed by atoms with van der Waals surface area (Å²) in [5.41, 5.74) is 1.19. The number of carbonyl (C=O) groups excluding carboxylic acids is 1.